The number of nitrogens with zero attached hydrogens (tertiary/aromatic N) is 1. The molecule has 0 saturated carbocycles. The van der Waals surface area contributed by atoms with Crippen molar-refractivity contribution in [2.24, 2.45) is 0 Å². The first-order valence-electron chi connectivity index (χ1n) is 12.3. The zero-order valence-electron chi connectivity index (χ0n) is 25.4. The normalized spacial score (nSPS) is 10.4. The van der Waals surface area contributed by atoms with Gasteiger partial charge in [-0.25, -0.2) is 4.79 Å². The van der Waals surface area contributed by atoms with Crippen LogP contribution < -0.4 is 58.8 Å². The van der Waals surface area contributed by atoms with E-state index < -0.39 is 17.5 Å². The molecule has 0 radical (unpaired) electrons. The number of methoxy groups -OCH3 is 6. The van der Waals surface area contributed by atoms with Gasteiger partial charge in [-0.05, 0) is 47.5 Å². The summed E-state index contributed by atoms with van der Waals surface area (Å²) in [5.41, 5.74) is 0.983. The smallest absolute Gasteiger partial charge is 1.00 e. The number of carboxylic acids is 1. The Balaban J connectivity index is 0.00000323. The van der Waals surface area contributed by atoms with Crippen molar-refractivity contribution in [1.82, 2.24) is 4.57 Å². The first kappa shape index (κ1) is 32.3. The minimum atomic E-state index is -0.999. The Bertz CT molecular complexity index is 1680. The second-order valence-corrected chi connectivity index (χ2v) is 8.76. The number of esters is 1. The summed E-state index contributed by atoms with van der Waals surface area (Å²) < 4.78 is 34.0. The van der Waals surface area contributed by atoms with Gasteiger partial charge in [-0.1, -0.05) is 12.1 Å². The molecule has 1 heterocycles. The molecule has 4 aromatic rings. The predicted molar refractivity (Wildman–Crippen MR) is 152 cm³/mol. The van der Waals surface area contributed by atoms with Gasteiger partial charge in [0.05, 0.1) is 54.5 Å². The maximum atomic E-state index is 14.1. The molecule has 0 saturated heterocycles. The van der Waals surface area contributed by atoms with Crippen LogP contribution in [0.25, 0.3) is 27.6 Å². The Morgan fingerprint density at radius 2 is 1.29 bits per heavy atom. The molecular weight excluding hydrogens is 557 g/mol. The topological polar surface area (TPSA) is 132 Å². The predicted octanol–water partition coefficient (Wildman–Crippen LogP) is 1.23. The van der Waals surface area contributed by atoms with Crippen molar-refractivity contribution in [3.63, 3.8) is 0 Å². The van der Waals surface area contributed by atoms with E-state index >= 15 is 0 Å². The number of carbonyl (C=O) groups excluding carboxylic acids is 1. The van der Waals surface area contributed by atoms with Crippen LogP contribution in [0.1, 0.15) is 17.5 Å². The molecule has 3 aromatic carbocycles. The van der Waals surface area contributed by atoms with E-state index in [0.29, 0.717) is 56.5 Å². The standard InChI is InChI=1S/C30H29NO10.Na.H/c1-36-21-14-19-20(15-22(21)37-2)29(34)31(18-9-7-16(8-10-18)11-25(32)33)27(30(35)41-6)26(19)17-12-23(38-3)28(40-5)24(13-17)39-4;;/h7-10,12-15H,11H2,1-6H3,(H,32,33);;/q;+1;-1. The maximum absolute atomic E-state index is 14.1. The Hall–Kier alpha value is -4.19. The van der Waals surface area contributed by atoms with E-state index in [2.05, 4.69) is 0 Å². The molecule has 0 unspecified atom stereocenters. The van der Waals surface area contributed by atoms with Crippen LogP contribution in [-0.2, 0) is 16.0 Å². The number of benzene rings is 3. The average Bonchev–Trinajstić information content (AvgIpc) is 2.99. The van der Waals surface area contributed by atoms with Gasteiger partial charge in [0.15, 0.2) is 23.0 Å². The summed E-state index contributed by atoms with van der Waals surface area (Å²) in [6.45, 7) is 0. The molecule has 0 bridgehead atoms. The second kappa shape index (κ2) is 13.6. The summed E-state index contributed by atoms with van der Waals surface area (Å²) in [6, 6.07) is 12.8. The van der Waals surface area contributed by atoms with E-state index in [1.165, 1.54) is 53.3 Å². The van der Waals surface area contributed by atoms with Crippen molar-refractivity contribution in [3.8, 4) is 45.6 Å². The molecule has 0 fully saturated rings. The van der Waals surface area contributed by atoms with Gasteiger partial charge in [0, 0.05) is 16.6 Å². The SMILES string of the molecule is COC(=O)c1c(-c2cc(OC)c(OC)c(OC)c2)c2cc(OC)c(OC)cc2c(=O)n1-c1ccc(CC(=O)O)cc1.[H-].[Na+]. The van der Waals surface area contributed by atoms with Gasteiger partial charge in [-0.3, -0.25) is 14.2 Å². The first-order valence-corrected chi connectivity index (χ1v) is 12.3. The van der Waals surface area contributed by atoms with Gasteiger partial charge >= 0.3 is 41.5 Å². The largest absolute Gasteiger partial charge is 1.00 e. The molecule has 0 aliphatic carbocycles. The van der Waals surface area contributed by atoms with Crippen LogP contribution >= 0.6 is 0 Å². The molecule has 1 N–H and O–H groups in total. The van der Waals surface area contributed by atoms with Crippen molar-refractivity contribution in [2.75, 3.05) is 42.7 Å². The fraction of sp³-hybridized carbons (Fsp3) is 0.233. The zero-order valence-corrected chi connectivity index (χ0v) is 26.4. The van der Waals surface area contributed by atoms with E-state index in [0.717, 1.165) is 0 Å². The van der Waals surface area contributed by atoms with Gasteiger partial charge in [-0.15, -0.1) is 0 Å². The molecule has 11 nitrogen and oxygen atoms in total. The van der Waals surface area contributed by atoms with E-state index in [4.69, 9.17) is 28.4 Å². The Kier molecular flexibility index (Phi) is 10.5. The Morgan fingerprint density at radius 3 is 1.74 bits per heavy atom. The van der Waals surface area contributed by atoms with Gasteiger partial charge in [0.25, 0.3) is 5.56 Å². The summed E-state index contributed by atoms with van der Waals surface area (Å²) in [5, 5.41) is 9.77. The fourth-order valence-corrected chi connectivity index (χ4v) is 4.72. The van der Waals surface area contributed by atoms with Gasteiger partial charge in [0.2, 0.25) is 5.75 Å². The fourth-order valence-electron chi connectivity index (χ4n) is 4.72. The third-order valence-corrected chi connectivity index (χ3v) is 6.57. The quantitative estimate of drug-likeness (QED) is 0.214. The Morgan fingerprint density at radius 1 is 0.762 bits per heavy atom. The first-order chi connectivity index (χ1) is 19.7. The van der Waals surface area contributed by atoms with E-state index in [1.807, 2.05) is 0 Å². The molecule has 0 spiro atoms. The number of carbonyl (C=O) groups is 2. The van der Waals surface area contributed by atoms with Crippen LogP contribution in [0.5, 0.6) is 28.7 Å². The van der Waals surface area contributed by atoms with Gasteiger partial charge in [-0.2, -0.15) is 0 Å². The molecule has 0 aliphatic rings. The zero-order chi connectivity index (χ0) is 29.8. The monoisotopic (exact) mass is 587 g/mol. The number of aliphatic carboxylic acids is 1. The molecule has 0 aliphatic heterocycles. The maximum Gasteiger partial charge on any atom is 1.00 e. The number of pyridine rings is 1. The Labute approximate surface area is 265 Å². The minimum Gasteiger partial charge on any atom is -1.00 e. The molecular formula is C30H30NNaO10. The van der Waals surface area contributed by atoms with Crippen LogP contribution in [0.3, 0.4) is 0 Å². The van der Waals surface area contributed by atoms with Crippen molar-refractivity contribution in [1.29, 1.82) is 0 Å². The van der Waals surface area contributed by atoms with Crippen LogP contribution in [-0.4, -0.2) is 64.3 Å². The summed E-state index contributed by atoms with van der Waals surface area (Å²) in [4.78, 5) is 38.8. The van der Waals surface area contributed by atoms with Crippen LogP contribution in [0.2, 0.25) is 0 Å². The molecule has 216 valence electrons. The summed E-state index contributed by atoms with van der Waals surface area (Å²) in [7, 11) is 8.53. The molecule has 4 rings (SSSR count). The van der Waals surface area contributed by atoms with E-state index in [-0.39, 0.29) is 48.5 Å². The second-order valence-electron chi connectivity index (χ2n) is 8.76. The van der Waals surface area contributed by atoms with Crippen LogP contribution in [0.15, 0.2) is 53.3 Å². The van der Waals surface area contributed by atoms with Crippen LogP contribution in [0, 0.1) is 0 Å². The van der Waals surface area contributed by atoms with Crippen LogP contribution in [0.4, 0.5) is 0 Å². The van der Waals surface area contributed by atoms with E-state index in [9.17, 15) is 19.5 Å². The number of hydrogen-bond donors (Lipinski definition) is 1. The summed E-state index contributed by atoms with van der Waals surface area (Å²) in [6.07, 6.45) is -0.204. The van der Waals surface area contributed by atoms with Gasteiger partial charge < -0.3 is 35.0 Å². The molecule has 12 heteroatoms. The number of aromatic nitrogens is 1. The third kappa shape index (κ3) is 5.89. The van der Waals surface area contributed by atoms with Crippen molar-refractivity contribution in [3.05, 3.63) is 70.1 Å². The molecule has 1 aromatic heterocycles. The summed E-state index contributed by atoms with van der Waals surface area (Å²) >= 11 is 0. The summed E-state index contributed by atoms with van der Waals surface area (Å²) in [5.74, 6) is -0.172. The number of ether oxygens (including phenoxy) is 6. The van der Waals surface area contributed by atoms with Crippen molar-refractivity contribution >= 4 is 22.7 Å². The number of hydrogen-bond acceptors (Lipinski definition) is 9. The molecule has 0 amide bonds. The molecule has 42 heavy (non-hydrogen) atoms. The third-order valence-electron chi connectivity index (χ3n) is 6.57. The van der Waals surface area contributed by atoms with Crippen molar-refractivity contribution in [2.45, 2.75) is 6.42 Å². The number of rotatable bonds is 10. The van der Waals surface area contributed by atoms with E-state index in [1.54, 1.807) is 42.5 Å². The van der Waals surface area contributed by atoms with Crippen molar-refractivity contribution < 1.29 is 74.1 Å². The number of fused-ring (bicyclic) bond motifs is 1. The van der Waals surface area contributed by atoms with Gasteiger partial charge in [0.1, 0.15) is 5.69 Å². The molecule has 0 atom stereocenters. The number of carboxylic acid groups (broad SMARTS) is 1. The average molecular weight is 588 g/mol. The minimum absolute atomic E-state index is 0.